The smallest absolute Gasteiger partial charge is 0.123 e. The molecule has 1 N–H and O–H groups in total. The van der Waals surface area contributed by atoms with Crippen molar-refractivity contribution in [1.29, 1.82) is 0 Å². The molecule has 118 valence electrons. The quantitative estimate of drug-likeness (QED) is 0.915. The van der Waals surface area contributed by atoms with Crippen molar-refractivity contribution >= 4 is 0 Å². The second-order valence-electron chi connectivity index (χ2n) is 6.85. The van der Waals surface area contributed by atoms with Crippen molar-refractivity contribution in [2.24, 2.45) is 0 Å². The Bertz CT molecular complexity index is 464. The lowest BCUT2D eigenvalue weighted by molar-refractivity contribution is -0.00793. The molecule has 0 saturated carbocycles. The molecular formula is C18H28FNO. The minimum Gasteiger partial charge on any atom is -0.391 e. The van der Waals surface area contributed by atoms with Gasteiger partial charge in [-0.05, 0) is 70.0 Å². The summed E-state index contributed by atoms with van der Waals surface area (Å²) in [7, 11) is 0. The van der Waals surface area contributed by atoms with Crippen molar-refractivity contribution in [3.63, 3.8) is 0 Å². The van der Waals surface area contributed by atoms with E-state index in [-0.39, 0.29) is 11.4 Å². The zero-order chi connectivity index (χ0) is 15.5. The van der Waals surface area contributed by atoms with Crippen LogP contribution in [0, 0.1) is 12.7 Å². The van der Waals surface area contributed by atoms with Gasteiger partial charge in [-0.2, -0.15) is 0 Å². The fourth-order valence-corrected chi connectivity index (χ4v) is 3.20. The SMILES string of the molecule is Cc1cc(F)ccc1CC(O)C(C)(C)N1CCCCCC1. The van der Waals surface area contributed by atoms with Gasteiger partial charge in [0.05, 0.1) is 6.10 Å². The topological polar surface area (TPSA) is 23.5 Å². The number of halogens is 1. The Morgan fingerprint density at radius 2 is 1.81 bits per heavy atom. The Morgan fingerprint density at radius 3 is 2.38 bits per heavy atom. The van der Waals surface area contributed by atoms with Gasteiger partial charge in [0.15, 0.2) is 0 Å². The number of likely N-dealkylation sites (tertiary alicyclic amines) is 1. The van der Waals surface area contributed by atoms with Crippen LogP contribution in [0.25, 0.3) is 0 Å². The van der Waals surface area contributed by atoms with E-state index in [1.807, 2.05) is 6.92 Å². The van der Waals surface area contributed by atoms with E-state index in [4.69, 9.17) is 0 Å². The van der Waals surface area contributed by atoms with Crippen LogP contribution >= 0.6 is 0 Å². The van der Waals surface area contributed by atoms with Crippen LogP contribution < -0.4 is 0 Å². The minimum absolute atomic E-state index is 0.211. The van der Waals surface area contributed by atoms with Gasteiger partial charge in [-0.25, -0.2) is 4.39 Å². The highest BCUT2D eigenvalue weighted by Crippen LogP contribution is 2.26. The van der Waals surface area contributed by atoms with Crippen LogP contribution in [-0.4, -0.2) is 34.7 Å². The first kappa shape index (κ1) is 16.4. The van der Waals surface area contributed by atoms with Gasteiger partial charge in [-0.1, -0.05) is 18.9 Å². The Morgan fingerprint density at radius 1 is 1.19 bits per heavy atom. The van der Waals surface area contributed by atoms with Crippen LogP contribution in [0.1, 0.15) is 50.7 Å². The molecule has 0 aromatic heterocycles. The normalized spacial score (nSPS) is 19.3. The van der Waals surface area contributed by atoms with Gasteiger partial charge in [0.1, 0.15) is 5.82 Å². The van der Waals surface area contributed by atoms with Crippen LogP contribution in [0.2, 0.25) is 0 Å². The molecule has 2 rings (SSSR count). The summed E-state index contributed by atoms with van der Waals surface area (Å²) in [5.41, 5.74) is 1.71. The molecule has 1 fully saturated rings. The van der Waals surface area contributed by atoms with Crippen molar-refractivity contribution in [2.45, 2.75) is 64.5 Å². The molecule has 1 unspecified atom stereocenters. The highest BCUT2D eigenvalue weighted by atomic mass is 19.1. The summed E-state index contributed by atoms with van der Waals surface area (Å²) in [6.07, 6.45) is 5.15. The first-order valence-corrected chi connectivity index (χ1v) is 8.09. The Labute approximate surface area is 128 Å². The summed E-state index contributed by atoms with van der Waals surface area (Å²) in [6.45, 7) is 8.28. The van der Waals surface area contributed by atoms with E-state index < -0.39 is 6.10 Å². The van der Waals surface area contributed by atoms with Crippen molar-refractivity contribution in [3.05, 3.63) is 35.1 Å². The number of nitrogens with zero attached hydrogens (tertiary/aromatic N) is 1. The molecule has 0 amide bonds. The predicted octanol–water partition coefficient (Wildman–Crippen LogP) is 3.69. The number of hydrogen-bond acceptors (Lipinski definition) is 2. The van der Waals surface area contributed by atoms with Gasteiger partial charge in [-0.15, -0.1) is 0 Å². The molecule has 1 aliphatic rings. The third-order valence-corrected chi connectivity index (χ3v) is 4.95. The molecule has 0 aliphatic carbocycles. The third-order valence-electron chi connectivity index (χ3n) is 4.95. The molecule has 0 radical (unpaired) electrons. The lowest BCUT2D eigenvalue weighted by Crippen LogP contribution is -2.53. The number of hydrogen-bond donors (Lipinski definition) is 1. The van der Waals surface area contributed by atoms with Gasteiger partial charge in [0, 0.05) is 12.0 Å². The second kappa shape index (κ2) is 6.89. The maximum atomic E-state index is 13.2. The van der Waals surface area contributed by atoms with E-state index in [0.717, 1.165) is 24.2 Å². The van der Waals surface area contributed by atoms with E-state index in [1.54, 1.807) is 12.1 Å². The molecule has 1 aliphatic heterocycles. The fourth-order valence-electron chi connectivity index (χ4n) is 3.20. The van der Waals surface area contributed by atoms with Crippen LogP contribution in [0.15, 0.2) is 18.2 Å². The van der Waals surface area contributed by atoms with Crippen molar-refractivity contribution in [2.75, 3.05) is 13.1 Å². The Balaban J connectivity index is 2.07. The molecule has 21 heavy (non-hydrogen) atoms. The number of aryl methyl sites for hydroxylation is 1. The number of benzene rings is 1. The van der Waals surface area contributed by atoms with Crippen molar-refractivity contribution in [3.8, 4) is 0 Å². The maximum Gasteiger partial charge on any atom is 0.123 e. The average molecular weight is 293 g/mol. The van der Waals surface area contributed by atoms with E-state index in [2.05, 4.69) is 18.7 Å². The summed E-state index contributed by atoms with van der Waals surface area (Å²) in [4.78, 5) is 2.42. The molecule has 0 bridgehead atoms. The van der Waals surface area contributed by atoms with Crippen LogP contribution in [-0.2, 0) is 6.42 Å². The van der Waals surface area contributed by atoms with Crippen molar-refractivity contribution < 1.29 is 9.50 Å². The summed E-state index contributed by atoms with van der Waals surface area (Å²) in [6, 6.07) is 4.82. The first-order valence-electron chi connectivity index (χ1n) is 8.09. The largest absolute Gasteiger partial charge is 0.391 e. The van der Waals surface area contributed by atoms with E-state index >= 15 is 0 Å². The third kappa shape index (κ3) is 4.04. The van der Waals surface area contributed by atoms with Gasteiger partial charge in [-0.3, -0.25) is 4.90 Å². The molecule has 1 saturated heterocycles. The molecular weight excluding hydrogens is 265 g/mol. The Hall–Kier alpha value is -0.930. The summed E-state index contributed by atoms with van der Waals surface area (Å²) < 4.78 is 13.2. The molecule has 1 aromatic rings. The molecule has 1 atom stereocenters. The van der Waals surface area contributed by atoms with Gasteiger partial charge >= 0.3 is 0 Å². The van der Waals surface area contributed by atoms with E-state index in [0.29, 0.717) is 6.42 Å². The molecule has 1 heterocycles. The lowest BCUT2D eigenvalue weighted by Gasteiger charge is -2.41. The number of aliphatic hydroxyl groups excluding tert-OH is 1. The fraction of sp³-hybridized carbons (Fsp3) is 0.667. The van der Waals surface area contributed by atoms with Crippen LogP contribution in [0.3, 0.4) is 0 Å². The number of rotatable bonds is 4. The highest BCUT2D eigenvalue weighted by Gasteiger charge is 2.34. The minimum atomic E-state index is -0.445. The zero-order valence-electron chi connectivity index (χ0n) is 13.5. The molecule has 2 nitrogen and oxygen atoms in total. The van der Waals surface area contributed by atoms with Crippen LogP contribution in [0.4, 0.5) is 4.39 Å². The monoisotopic (exact) mass is 293 g/mol. The van der Waals surface area contributed by atoms with E-state index in [1.165, 1.54) is 31.7 Å². The standard InChI is InChI=1S/C18H28FNO/c1-14-12-16(19)9-8-15(14)13-17(21)18(2,3)20-10-6-4-5-7-11-20/h8-9,12,17,21H,4-7,10-11,13H2,1-3H3. The summed E-state index contributed by atoms with van der Waals surface area (Å²) in [5, 5.41) is 10.7. The zero-order valence-corrected chi connectivity index (χ0v) is 13.5. The highest BCUT2D eigenvalue weighted by molar-refractivity contribution is 5.27. The predicted molar refractivity (Wildman–Crippen MR) is 85.0 cm³/mol. The summed E-state index contributed by atoms with van der Waals surface area (Å²) >= 11 is 0. The van der Waals surface area contributed by atoms with Gasteiger partial charge in [0.25, 0.3) is 0 Å². The lowest BCUT2D eigenvalue weighted by atomic mass is 9.88. The Kier molecular flexibility index (Phi) is 5.39. The average Bonchev–Trinajstić information content (AvgIpc) is 2.71. The molecule has 1 aromatic carbocycles. The summed E-state index contributed by atoms with van der Waals surface area (Å²) in [5.74, 6) is -0.211. The van der Waals surface area contributed by atoms with Crippen LogP contribution in [0.5, 0.6) is 0 Å². The first-order chi connectivity index (χ1) is 9.91. The number of aliphatic hydroxyl groups is 1. The maximum absolute atomic E-state index is 13.2. The van der Waals surface area contributed by atoms with E-state index in [9.17, 15) is 9.50 Å². The van der Waals surface area contributed by atoms with Gasteiger partial charge < -0.3 is 5.11 Å². The van der Waals surface area contributed by atoms with Crippen molar-refractivity contribution in [1.82, 2.24) is 4.90 Å². The van der Waals surface area contributed by atoms with Gasteiger partial charge in [0.2, 0.25) is 0 Å². The molecule has 0 spiro atoms. The molecule has 3 heteroatoms. The second-order valence-corrected chi connectivity index (χ2v) is 6.85.